The maximum absolute atomic E-state index is 14.3. The molecule has 1 fully saturated rings. The van der Waals surface area contributed by atoms with Gasteiger partial charge in [-0.1, -0.05) is 136 Å². The van der Waals surface area contributed by atoms with Crippen LogP contribution in [0.25, 0.3) is 0 Å². The van der Waals surface area contributed by atoms with Crippen molar-refractivity contribution < 1.29 is 32.9 Å². The molecule has 5 aromatic carbocycles. The molecule has 1 saturated heterocycles. The Balaban J connectivity index is 1.40. The van der Waals surface area contributed by atoms with Crippen LogP contribution in [0.3, 0.4) is 0 Å². The number of rotatable bonds is 19. The fourth-order valence-electron chi connectivity index (χ4n) is 8.23. The molecule has 9 nitrogen and oxygen atoms in total. The molecule has 1 aliphatic rings. The number of carbonyl (C=O) groups is 1. The minimum atomic E-state index is -2.93. The maximum Gasteiger partial charge on any atom is 0.261 e. The normalized spacial score (nSPS) is 16.0. The van der Waals surface area contributed by atoms with Crippen molar-refractivity contribution in [3.63, 3.8) is 0 Å². The molecule has 1 amide bonds. The highest BCUT2D eigenvalue weighted by atomic mass is 28.4. The summed E-state index contributed by atoms with van der Waals surface area (Å²) in [5, 5.41) is 2.12. The van der Waals surface area contributed by atoms with Crippen molar-refractivity contribution >= 4 is 24.6 Å². The third kappa shape index (κ3) is 9.39. The molecule has 2 atom stereocenters. The van der Waals surface area contributed by atoms with Crippen molar-refractivity contribution in [3.05, 3.63) is 156 Å². The number of methoxy groups -OCH3 is 2. The van der Waals surface area contributed by atoms with E-state index in [4.69, 9.17) is 33.8 Å². The van der Waals surface area contributed by atoms with Gasteiger partial charge in [0.25, 0.3) is 8.32 Å². The Kier molecular flexibility index (Phi) is 14.6. The molecular weight excluding hydrogens is 745 g/mol. The summed E-state index contributed by atoms with van der Waals surface area (Å²) in [5.41, 5.74) is 7.34. The second-order valence-electron chi connectivity index (χ2n) is 15.6. The standard InChI is InChI=1S/C48H58N2O7Si/c1-47(2,3)58(44-17-11-7-12-18-44,45-19-13-8-14-20-45)56-35-40-33-43(34-50(40)46(51)36-55-32-31-54-30-29-49)57-48(37-15-9-6-10-16-37,38-21-25-41(52-4)26-22-38)39-23-27-42(53-5)28-24-39/h6-28,40,43H,29-36,49H2,1-5H3/t40-,43+/m0/s1. The molecule has 2 N–H and O–H groups in total. The first kappa shape index (κ1) is 42.8. The Hall–Kier alpha value is -4.81. The van der Waals surface area contributed by atoms with Crippen LogP contribution in [-0.4, -0.2) is 91.6 Å². The van der Waals surface area contributed by atoms with E-state index in [-0.39, 0.29) is 36.3 Å². The number of nitrogens with zero attached hydrogens (tertiary/aromatic N) is 1. The molecular formula is C48H58N2O7Si. The molecule has 5 aromatic rings. The third-order valence-electron chi connectivity index (χ3n) is 11.0. The lowest BCUT2D eigenvalue weighted by molar-refractivity contribution is -0.138. The van der Waals surface area contributed by atoms with E-state index in [0.717, 1.165) is 28.2 Å². The fraction of sp³-hybridized carbons (Fsp3) is 0.354. The Morgan fingerprint density at radius 2 is 1.16 bits per heavy atom. The zero-order chi connectivity index (χ0) is 41.0. The smallest absolute Gasteiger partial charge is 0.261 e. The van der Waals surface area contributed by atoms with Crippen LogP contribution in [0, 0.1) is 0 Å². The summed E-state index contributed by atoms with van der Waals surface area (Å²) in [6.45, 7) is 8.89. The molecule has 10 heteroatoms. The summed E-state index contributed by atoms with van der Waals surface area (Å²) in [5.74, 6) is 1.36. The number of ether oxygens (including phenoxy) is 5. The van der Waals surface area contributed by atoms with Crippen molar-refractivity contribution in [2.24, 2.45) is 5.73 Å². The minimum absolute atomic E-state index is 0.0881. The molecule has 0 aliphatic carbocycles. The highest BCUT2D eigenvalue weighted by Gasteiger charge is 2.52. The summed E-state index contributed by atoms with van der Waals surface area (Å²) < 4.78 is 37.6. The predicted octanol–water partition coefficient (Wildman–Crippen LogP) is 6.55. The molecule has 0 saturated carbocycles. The largest absolute Gasteiger partial charge is 0.497 e. The van der Waals surface area contributed by atoms with Crippen LogP contribution in [0.15, 0.2) is 140 Å². The zero-order valence-electron chi connectivity index (χ0n) is 34.5. The quantitative estimate of drug-likeness (QED) is 0.0571. The van der Waals surface area contributed by atoms with Crippen molar-refractivity contribution in [3.8, 4) is 11.5 Å². The third-order valence-corrected chi connectivity index (χ3v) is 16.0. The average Bonchev–Trinajstić information content (AvgIpc) is 3.67. The van der Waals surface area contributed by atoms with Gasteiger partial charge in [0.1, 0.15) is 23.7 Å². The SMILES string of the molecule is COc1ccc(C(O[C@@H]2C[C@@H](CO[Si](c3ccccc3)(c3ccccc3)C(C)(C)C)N(C(=O)COCCOCCN)C2)(c2ccccc2)c2ccc(OC)cc2)cc1. The van der Waals surface area contributed by atoms with Gasteiger partial charge in [-0.15, -0.1) is 0 Å². The maximum atomic E-state index is 14.3. The zero-order valence-corrected chi connectivity index (χ0v) is 35.5. The second kappa shape index (κ2) is 19.8. The van der Waals surface area contributed by atoms with Crippen LogP contribution in [0.4, 0.5) is 0 Å². The average molecular weight is 803 g/mol. The number of carbonyl (C=O) groups excluding carboxylic acids is 1. The summed E-state index contributed by atoms with van der Waals surface area (Å²) in [7, 11) is 0.394. The second-order valence-corrected chi connectivity index (χ2v) is 19.9. The summed E-state index contributed by atoms with van der Waals surface area (Å²) in [6, 6.07) is 47.2. The number of nitrogens with two attached hydrogens (primary N) is 1. The Labute approximate surface area is 345 Å². The number of benzene rings is 5. The lowest BCUT2D eigenvalue weighted by Crippen LogP contribution is -2.67. The van der Waals surface area contributed by atoms with Crippen LogP contribution in [0.1, 0.15) is 43.9 Å². The summed E-state index contributed by atoms with van der Waals surface area (Å²) >= 11 is 0. The van der Waals surface area contributed by atoms with Gasteiger partial charge in [0, 0.05) is 13.1 Å². The molecule has 1 heterocycles. The first-order valence-electron chi connectivity index (χ1n) is 20.1. The predicted molar refractivity (Wildman–Crippen MR) is 232 cm³/mol. The minimum Gasteiger partial charge on any atom is -0.497 e. The van der Waals surface area contributed by atoms with E-state index in [1.807, 2.05) is 59.5 Å². The van der Waals surface area contributed by atoms with E-state index in [1.165, 1.54) is 10.4 Å². The van der Waals surface area contributed by atoms with Gasteiger partial charge in [0.15, 0.2) is 0 Å². The fourth-order valence-corrected chi connectivity index (χ4v) is 12.8. The molecule has 306 valence electrons. The van der Waals surface area contributed by atoms with E-state index in [0.29, 0.717) is 39.3 Å². The molecule has 58 heavy (non-hydrogen) atoms. The van der Waals surface area contributed by atoms with E-state index >= 15 is 0 Å². The van der Waals surface area contributed by atoms with Gasteiger partial charge < -0.3 is 38.7 Å². The van der Waals surface area contributed by atoms with Crippen molar-refractivity contribution in [2.45, 2.75) is 50.0 Å². The van der Waals surface area contributed by atoms with E-state index < -0.39 is 13.9 Å². The van der Waals surface area contributed by atoms with Crippen LogP contribution in [0.2, 0.25) is 5.04 Å². The number of hydrogen-bond donors (Lipinski definition) is 1. The Morgan fingerprint density at radius 3 is 1.64 bits per heavy atom. The van der Waals surface area contributed by atoms with Crippen LogP contribution in [0.5, 0.6) is 11.5 Å². The summed E-state index contributed by atoms with van der Waals surface area (Å²) in [6.07, 6.45) is 0.166. The van der Waals surface area contributed by atoms with Gasteiger partial charge in [0.05, 0.1) is 52.8 Å². The Morgan fingerprint density at radius 1 is 0.672 bits per heavy atom. The van der Waals surface area contributed by atoms with Crippen LogP contribution in [-0.2, 0) is 29.0 Å². The van der Waals surface area contributed by atoms with E-state index in [1.54, 1.807) is 14.2 Å². The van der Waals surface area contributed by atoms with Gasteiger partial charge in [-0.25, -0.2) is 0 Å². The first-order valence-corrected chi connectivity index (χ1v) is 22.0. The van der Waals surface area contributed by atoms with Crippen LogP contribution < -0.4 is 25.6 Å². The lowest BCUT2D eigenvalue weighted by atomic mass is 9.79. The van der Waals surface area contributed by atoms with Gasteiger partial charge in [-0.3, -0.25) is 4.79 Å². The molecule has 0 bridgehead atoms. The van der Waals surface area contributed by atoms with Gasteiger partial charge in [-0.2, -0.15) is 0 Å². The lowest BCUT2D eigenvalue weighted by Gasteiger charge is -2.44. The van der Waals surface area contributed by atoms with Crippen molar-refractivity contribution in [1.29, 1.82) is 0 Å². The summed E-state index contributed by atoms with van der Waals surface area (Å²) in [4.78, 5) is 16.2. The molecule has 1 aliphatic heterocycles. The number of likely N-dealkylation sites (tertiary alicyclic amines) is 1. The Bertz CT molecular complexity index is 1910. The molecule has 0 spiro atoms. The van der Waals surface area contributed by atoms with Crippen molar-refractivity contribution in [2.75, 3.05) is 60.3 Å². The number of amides is 1. The van der Waals surface area contributed by atoms with E-state index in [2.05, 4.69) is 106 Å². The molecule has 0 aromatic heterocycles. The highest BCUT2D eigenvalue weighted by Crippen LogP contribution is 2.44. The molecule has 0 unspecified atom stereocenters. The van der Waals surface area contributed by atoms with Crippen molar-refractivity contribution in [1.82, 2.24) is 4.90 Å². The van der Waals surface area contributed by atoms with Gasteiger partial charge in [0.2, 0.25) is 5.91 Å². The number of hydrogen-bond acceptors (Lipinski definition) is 8. The molecule has 6 rings (SSSR count). The van der Waals surface area contributed by atoms with Gasteiger partial charge in [-0.05, 0) is 62.8 Å². The van der Waals surface area contributed by atoms with E-state index in [9.17, 15) is 4.79 Å². The van der Waals surface area contributed by atoms with Crippen LogP contribution >= 0.6 is 0 Å². The molecule has 0 radical (unpaired) electrons. The highest BCUT2D eigenvalue weighted by molar-refractivity contribution is 6.99. The topological polar surface area (TPSA) is 102 Å². The first-order chi connectivity index (χ1) is 28.2. The van der Waals surface area contributed by atoms with Gasteiger partial charge >= 0.3 is 0 Å². The monoisotopic (exact) mass is 802 g/mol.